The molecule has 1 aromatic carbocycles. The maximum Gasteiger partial charge on any atom is 0.255 e. The van der Waals surface area contributed by atoms with Crippen LogP contribution in [0.25, 0.3) is 11.0 Å². The van der Waals surface area contributed by atoms with Crippen LogP contribution in [0.5, 0.6) is 0 Å². The van der Waals surface area contributed by atoms with Crippen molar-refractivity contribution >= 4 is 22.7 Å². The van der Waals surface area contributed by atoms with Crippen molar-refractivity contribution in [1.82, 2.24) is 5.32 Å². The fourth-order valence-electron chi connectivity index (χ4n) is 1.93. The lowest BCUT2D eigenvalue weighted by Crippen LogP contribution is -2.24. The molecule has 0 spiro atoms. The monoisotopic (exact) mass is 275 g/mol. The molecule has 0 atom stereocenters. The first-order valence-corrected chi connectivity index (χ1v) is 6.43. The summed E-state index contributed by atoms with van der Waals surface area (Å²) < 4.78 is 5.32. The molecule has 106 valence electrons. The summed E-state index contributed by atoms with van der Waals surface area (Å²) in [5.41, 5.74) is 6.59. The Kier molecular flexibility index (Phi) is 4.60. The zero-order valence-corrected chi connectivity index (χ0v) is 11.0. The Labute approximate surface area is 116 Å². The van der Waals surface area contributed by atoms with Crippen molar-refractivity contribution in [2.75, 3.05) is 6.54 Å². The molecular weight excluding hydrogens is 258 g/mol. The number of benzene rings is 1. The largest absolute Gasteiger partial charge is 0.463 e. The minimum Gasteiger partial charge on any atom is -0.463 e. The second-order valence-electron chi connectivity index (χ2n) is 4.45. The van der Waals surface area contributed by atoms with Gasteiger partial charge in [-0.25, -0.2) is 0 Å². The van der Waals surface area contributed by atoms with Gasteiger partial charge in [-0.05, 0) is 18.9 Å². The predicted octanol–water partition coefficient (Wildman–Crippen LogP) is 2.08. The van der Waals surface area contributed by atoms with Gasteiger partial charge in [0.2, 0.25) is 0 Å². The maximum atomic E-state index is 12.0. The van der Waals surface area contributed by atoms with Crippen molar-refractivity contribution < 1.29 is 14.4 Å². The minimum atomic E-state index is -0.154. The van der Waals surface area contributed by atoms with Crippen LogP contribution in [-0.4, -0.2) is 23.5 Å². The van der Waals surface area contributed by atoms with Crippen molar-refractivity contribution in [3.8, 4) is 0 Å². The number of nitrogens with one attached hydrogen (secondary N) is 1. The zero-order valence-electron chi connectivity index (χ0n) is 11.0. The van der Waals surface area contributed by atoms with Gasteiger partial charge in [-0.1, -0.05) is 23.4 Å². The number of hydrogen-bond acceptors (Lipinski definition) is 4. The van der Waals surface area contributed by atoms with Crippen molar-refractivity contribution in [3.63, 3.8) is 0 Å². The van der Waals surface area contributed by atoms with E-state index in [-0.39, 0.29) is 11.7 Å². The molecule has 1 amide bonds. The quantitative estimate of drug-likeness (QED) is 0.247. The predicted molar refractivity (Wildman–Crippen MR) is 75.8 cm³/mol. The van der Waals surface area contributed by atoms with Crippen molar-refractivity contribution in [2.24, 2.45) is 10.9 Å². The van der Waals surface area contributed by atoms with Gasteiger partial charge in [0.25, 0.3) is 5.91 Å². The average molecular weight is 275 g/mol. The van der Waals surface area contributed by atoms with Gasteiger partial charge in [-0.3, -0.25) is 4.79 Å². The highest BCUT2D eigenvalue weighted by molar-refractivity contribution is 6.05. The van der Waals surface area contributed by atoms with Crippen molar-refractivity contribution in [3.05, 3.63) is 36.1 Å². The number of nitrogens with zero attached hydrogens (tertiary/aromatic N) is 1. The summed E-state index contributed by atoms with van der Waals surface area (Å²) in [5, 5.41) is 14.9. The number of oxime groups is 1. The van der Waals surface area contributed by atoms with Crippen molar-refractivity contribution in [1.29, 1.82) is 0 Å². The van der Waals surface area contributed by atoms with Crippen LogP contribution in [0.3, 0.4) is 0 Å². The molecule has 0 aliphatic rings. The van der Waals surface area contributed by atoms with Gasteiger partial charge in [0.1, 0.15) is 17.7 Å². The smallest absolute Gasteiger partial charge is 0.255 e. The second kappa shape index (κ2) is 6.60. The van der Waals surface area contributed by atoms with Crippen LogP contribution in [-0.2, 0) is 0 Å². The number of amides is 1. The fraction of sp³-hybridized carbons (Fsp3) is 0.286. The van der Waals surface area contributed by atoms with Gasteiger partial charge >= 0.3 is 0 Å². The van der Waals surface area contributed by atoms with Gasteiger partial charge < -0.3 is 20.7 Å². The van der Waals surface area contributed by atoms with Crippen LogP contribution < -0.4 is 11.1 Å². The molecular formula is C14H17N3O3. The molecule has 4 N–H and O–H groups in total. The summed E-state index contributed by atoms with van der Waals surface area (Å²) >= 11 is 0. The standard InChI is InChI=1S/C14H17N3O3/c15-13(17-19)7-3-4-8-16-14(18)11-9-20-12-6-2-1-5-10(11)12/h1-2,5-6,9,19H,3-4,7-8H2,(H2,15,17)(H,16,18). The molecule has 1 aromatic heterocycles. The van der Waals surface area contributed by atoms with E-state index in [9.17, 15) is 4.79 Å². The molecule has 0 fully saturated rings. The van der Waals surface area contributed by atoms with E-state index in [0.29, 0.717) is 24.1 Å². The van der Waals surface area contributed by atoms with Crippen molar-refractivity contribution in [2.45, 2.75) is 19.3 Å². The normalized spacial score (nSPS) is 11.7. The van der Waals surface area contributed by atoms with Crippen LogP contribution >= 0.6 is 0 Å². The zero-order chi connectivity index (χ0) is 14.4. The minimum absolute atomic E-state index is 0.154. The average Bonchev–Trinajstić information content (AvgIpc) is 2.90. The first kappa shape index (κ1) is 13.9. The Balaban J connectivity index is 1.83. The highest BCUT2D eigenvalue weighted by Gasteiger charge is 2.12. The molecule has 0 bridgehead atoms. The van der Waals surface area contributed by atoms with E-state index in [1.165, 1.54) is 6.26 Å². The molecule has 0 saturated heterocycles. The van der Waals surface area contributed by atoms with E-state index in [2.05, 4.69) is 10.5 Å². The highest BCUT2D eigenvalue weighted by atomic mass is 16.4. The summed E-state index contributed by atoms with van der Waals surface area (Å²) in [5.74, 6) is 0.0518. The van der Waals surface area contributed by atoms with E-state index in [4.69, 9.17) is 15.4 Å². The molecule has 20 heavy (non-hydrogen) atoms. The van der Waals surface area contributed by atoms with E-state index >= 15 is 0 Å². The van der Waals surface area contributed by atoms with Crippen LogP contribution in [0, 0.1) is 0 Å². The second-order valence-corrected chi connectivity index (χ2v) is 4.45. The van der Waals surface area contributed by atoms with E-state index in [1.807, 2.05) is 24.3 Å². The fourth-order valence-corrected chi connectivity index (χ4v) is 1.93. The molecule has 6 nitrogen and oxygen atoms in total. The van der Waals surface area contributed by atoms with Crippen LogP contribution in [0.1, 0.15) is 29.6 Å². The highest BCUT2D eigenvalue weighted by Crippen LogP contribution is 2.20. The van der Waals surface area contributed by atoms with E-state index in [0.717, 1.165) is 18.2 Å². The molecule has 1 heterocycles. The summed E-state index contributed by atoms with van der Waals surface area (Å²) in [6.07, 6.45) is 3.50. The number of hydrogen-bond donors (Lipinski definition) is 3. The Morgan fingerprint density at radius 1 is 1.35 bits per heavy atom. The number of carbonyl (C=O) groups is 1. The first-order chi connectivity index (χ1) is 9.72. The van der Waals surface area contributed by atoms with Gasteiger partial charge in [0.05, 0.1) is 5.56 Å². The molecule has 0 aliphatic heterocycles. The van der Waals surface area contributed by atoms with Gasteiger partial charge in [0.15, 0.2) is 0 Å². The number of unbranched alkanes of at least 4 members (excludes halogenated alkanes) is 1. The molecule has 2 aromatic rings. The van der Waals surface area contributed by atoms with Gasteiger partial charge in [0, 0.05) is 18.4 Å². The number of nitrogens with two attached hydrogens (primary N) is 1. The number of rotatable bonds is 6. The molecule has 0 aliphatic carbocycles. The van der Waals surface area contributed by atoms with Gasteiger partial charge in [-0.2, -0.15) is 0 Å². The van der Waals surface area contributed by atoms with E-state index < -0.39 is 0 Å². The van der Waals surface area contributed by atoms with E-state index in [1.54, 1.807) is 0 Å². The van der Waals surface area contributed by atoms with Crippen LogP contribution in [0.2, 0.25) is 0 Å². The third-order valence-corrected chi connectivity index (χ3v) is 3.00. The third-order valence-electron chi connectivity index (χ3n) is 3.00. The number of amidine groups is 1. The Morgan fingerprint density at radius 2 is 2.15 bits per heavy atom. The lowest BCUT2D eigenvalue weighted by atomic mass is 10.1. The lowest BCUT2D eigenvalue weighted by molar-refractivity contribution is 0.0954. The lowest BCUT2D eigenvalue weighted by Gasteiger charge is -2.03. The van der Waals surface area contributed by atoms with Crippen LogP contribution in [0.4, 0.5) is 0 Å². The summed E-state index contributed by atoms with van der Waals surface area (Å²) in [4.78, 5) is 12.0. The summed E-state index contributed by atoms with van der Waals surface area (Å²) in [6.45, 7) is 0.539. The Bertz CT molecular complexity index is 619. The molecule has 6 heteroatoms. The third kappa shape index (κ3) is 3.28. The summed E-state index contributed by atoms with van der Waals surface area (Å²) in [6, 6.07) is 7.40. The molecule has 0 unspecified atom stereocenters. The Morgan fingerprint density at radius 3 is 2.95 bits per heavy atom. The number of fused-ring (bicyclic) bond motifs is 1. The number of carbonyl (C=O) groups excluding carboxylic acids is 1. The summed E-state index contributed by atoms with van der Waals surface area (Å²) in [7, 11) is 0. The Hall–Kier alpha value is -2.50. The number of para-hydroxylation sites is 1. The van der Waals surface area contributed by atoms with Crippen LogP contribution in [0.15, 0.2) is 40.1 Å². The SMILES string of the molecule is NC(CCCCNC(=O)c1coc2ccccc12)=NO. The first-order valence-electron chi connectivity index (χ1n) is 6.43. The molecule has 0 saturated carbocycles. The maximum absolute atomic E-state index is 12.0. The molecule has 0 radical (unpaired) electrons. The van der Waals surface area contributed by atoms with Gasteiger partial charge in [-0.15, -0.1) is 0 Å². The molecule has 2 rings (SSSR count). The number of furan rings is 1. The topological polar surface area (TPSA) is 101 Å².